The lowest BCUT2D eigenvalue weighted by Gasteiger charge is -2.36. The number of nitrogens with one attached hydrogen (secondary N) is 2. The molecule has 0 radical (unpaired) electrons. The van der Waals surface area contributed by atoms with Crippen LogP contribution in [-0.4, -0.2) is 51.7 Å². The Bertz CT molecular complexity index is 1220. The second-order valence-corrected chi connectivity index (χ2v) is 9.71. The average molecular weight is 541 g/mol. The van der Waals surface area contributed by atoms with Gasteiger partial charge in [-0.25, -0.2) is 9.78 Å². The van der Waals surface area contributed by atoms with Crippen molar-refractivity contribution in [3.8, 4) is 0 Å². The highest BCUT2D eigenvalue weighted by molar-refractivity contribution is 7.99. The van der Waals surface area contributed by atoms with Crippen molar-refractivity contribution >= 4 is 29.4 Å². The maximum atomic E-state index is 12.3. The van der Waals surface area contributed by atoms with Crippen LogP contribution in [0, 0.1) is 0 Å². The van der Waals surface area contributed by atoms with Gasteiger partial charge in [0.05, 0.1) is 25.4 Å². The third-order valence-electron chi connectivity index (χ3n) is 5.91. The molecule has 1 aliphatic rings. The number of aryl methyl sites for hydroxylation is 1. The van der Waals surface area contributed by atoms with E-state index in [9.17, 15) is 14.7 Å². The Kier molecular flexibility index (Phi) is 9.77. The number of thioether (sulfide) groups is 1. The van der Waals surface area contributed by atoms with Crippen molar-refractivity contribution in [1.82, 2.24) is 14.9 Å². The van der Waals surface area contributed by atoms with E-state index in [0.29, 0.717) is 17.9 Å². The van der Waals surface area contributed by atoms with E-state index in [1.165, 1.54) is 0 Å². The molecule has 11 heteroatoms. The first-order valence-corrected chi connectivity index (χ1v) is 13.3. The molecule has 3 N–H and O–H groups in total. The lowest BCUT2D eigenvalue weighted by molar-refractivity contribution is -0.245. The van der Waals surface area contributed by atoms with Crippen LogP contribution in [0.4, 0.5) is 10.5 Å². The Morgan fingerprint density at radius 3 is 2.71 bits per heavy atom. The monoisotopic (exact) mass is 540 g/mol. The molecule has 10 nitrogen and oxygen atoms in total. The van der Waals surface area contributed by atoms with Crippen molar-refractivity contribution in [2.45, 2.75) is 43.6 Å². The summed E-state index contributed by atoms with van der Waals surface area (Å²) in [6, 6.07) is 14.4. The molecular formula is C27H32N4O6S. The zero-order valence-corrected chi connectivity index (χ0v) is 22.1. The molecule has 0 spiro atoms. The van der Waals surface area contributed by atoms with Crippen molar-refractivity contribution in [1.29, 1.82) is 0 Å². The highest BCUT2D eigenvalue weighted by atomic mass is 32.2. The number of nitrogens with zero attached hydrogens (tertiary/aromatic N) is 2. The van der Waals surface area contributed by atoms with E-state index in [1.807, 2.05) is 48.1 Å². The van der Waals surface area contributed by atoms with Gasteiger partial charge in [-0.3, -0.25) is 4.79 Å². The van der Waals surface area contributed by atoms with Crippen LogP contribution >= 0.6 is 11.8 Å². The number of carbonyl (C=O) groups excluding carboxylic acids is 2. The molecule has 3 atom stereocenters. The van der Waals surface area contributed by atoms with Crippen LogP contribution < -0.4 is 10.6 Å². The Balaban J connectivity index is 1.47. The average Bonchev–Trinajstić information content (AvgIpc) is 3.35. The SMILES string of the molecule is CCOC(=O)CNC(=O)Nc1cccc(C2OC(CSc3nccn3C)CC(c3ccc(CO)cc3)O2)c1. The highest BCUT2D eigenvalue weighted by Gasteiger charge is 2.32. The van der Waals surface area contributed by atoms with Crippen LogP contribution in [0.2, 0.25) is 0 Å². The zero-order chi connectivity index (χ0) is 26.9. The summed E-state index contributed by atoms with van der Waals surface area (Å²) in [6.45, 7) is 1.71. The largest absolute Gasteiger partial charge is 0.465 e. The van der Waals surface area contributed by atoms with E-state index >= 15 is 0 Å². The van der Waals surface area contributed by atoms with Crippen molar-refractivity contribution in [3.63, 3.8) is 0 Å². The number of aliphatic hydroxyl groups is 1. The van der Waals surface area contributed by atoms with Gasteiger partial charge < -0.3 is 34.5 Å². The molecular weight excluding hydrogens is 508 g/mol. The smallest absolute Gasteiger partial charge is 0.325 e. The van der Waals surface area contributed by atoms with Crippen molar-refractivity contribution in [2.24, 2.45) is 7.05 Å². The first-order chi connectivity index (χ1) is 18.4. The van der Waals surface area contributed by atoms with Crippen LogP contribution in [0.3, 0.4) is 0 Å². The molecule has 4 rings (SSSR count). The number of urea groups is 1. The Hall–Kier alpha value is -3.38. The summed E-state index contributed by atoms with van der Waals surface area (Å²) in [6.07, 6.45) is 3.31. The molecule has 2 heterocycles. The van der Waals surface area contributed by atoms with Gasteiger partial charge in [0, 0.05) is 42.9 Å². The summed E-state index contributed by atoms with van der Waals surface area (Å²) >= 11 is 1.62. The van der Waals surface area contributed by atoms with Crippen molar-refractivity contribution in [3.05, 3.63) is 77.6 Å². The summed E-state index contributed by atoms with van der Waals surface area (Å²) in [7, 11) is 1.95. The third-order valence-corrected chi connectivity index (χ3v) is 7.10. The fraction of sp³-hybridized carbons (Fsp3) is 0.370. The van der Waals surface area contributed by atoms with Gasteiger partial charge in [0.25, 0.3) is 0 Å². The van der Waals surface area contributed by atoms with Crippen LogP contribution in [0.25, 0.3) is 0 Å². The number of amides is 2. The van der Waals surface area contributed by atoms with E-state index in [0.717, 1.165) is 21.8 Å². The van der Waals surface area contributed by atoms with Crippen LogP contribution in [0.15, 0.2) is 66.1 Å². The normalized spacial score (nSPS) is 19.1. The summed E-state index contributed by atoms with van der Waals surface area (Å²) in [4.78, 5) is 28.1. The van der Waals surface area contributed by atoms with E-state index in [4.69, 9.17) is 14.2 Å². The lowest BCUT2D eigenvalue weighted by Crippen LogP contribution is -2.34. The van der Waals surface area contributed by atoms with E-state index in [1.54, 1.807) is 43.1 Å². The van der Waals surface area contributed by atoms with E-state index in [2.05, 4.69) is 15.6 Å². The first kappa shape index (κ1) is 27.6. The first-order valence-electron chi connectivity index (χ1n) is 12.4. The highest BCUT2D eigenvalue weighted by Crippen LogP contribution is 2.39. The topological polar surface area (TPSA) is 124 Å². The predicted molar refractivity (Wildman–Crippen MR) is 142 cm³/mol. The number of hydrogen-bond donors (Lipinski definition) is 3. The van der Waals surface area contributed by atoms with Crippen molar-refractivity contribution in [2.75, 3.05) is 24.2 Å². The Morgan fingerprint density at radius 1 is 1.18 bits per heavy atom. The maximum absolute atomic E-state index is 12.3. The molecule has 0 bridgehead atoms. The fourth-order valence-electron chi connectivity index (χ4n) is 3.98. The Morgan fingerprint density at radius 2 is 2.00 bits per heavy atom. The molecule has 1 saturated heterocycles. The third kappa shape index (κ3) is 7.57. The lowest BCUT2D eigenvalue weighted by atomic mass is 10.0. The molecule has 1 aromatic heterocycles. The molecule has 38 heavy (non-hydrogen) atoms. The van der Waals surface area contributed by atoms with Gasteiger partial charge in [0.1, 0.15) is 6.54 Å². The van der Waals surface area contributed by atoms with Crippen molar-refractivity contribution < 1.29 is 28.9 Å². The fourth-order valence-corrected chi connectivity index (χ4v) is 4.93. The van der Waals surface area contributed by atoms with Gasteiger partial charge in [-0.15, -0.1) is 0 Å². The zero-order valence-electron chi connectivity index (χ0n) is 21.3. The minimum absolute atomic E-state index is 0.0202. The van der Waals surface area contributed by atoms with Crippen LogP contribution in [0.5, 0.6) is 0 Å². The number of esters is 1. The number of carbonyl (C=O) groups is 2. The predicted octanol–water partition coefficient (Wildman–Crippen LogP) is 3.93. The minimum atomic E-state index is -0.664. The minimum Gasteiger partial charge on any atom is -0.465 e. The molecule has 0 saturated carbocycles. The molecule has 3 unspecified atom stereocenters. The Labute approximate surface area is 225 Å². The molecule has 2 aromatic carbocycles. The van der Waals surface area contributed by atoms with Crippen LogP contribution in [0.1, 0.15) is 42.4 Å². The van der Waals surface area contributed by atoms with Gasteiger partial charge in [-0.1, -0.05) is 48.2 Å². The number of benzene rings is 2. The van der Waals surface area contributed by atoms with Gasteiger partial charge in [0.2, 0.25) is 0 Å². The van der Waals surface area contributed by atoms with Gasteiger partial charge in [-0.2, -0.15) is 0 Å². The molecule has 0 aliphatic carbocycles. The number of rotatable bonds is 10. The molecule has 3 aromatic rings. The van der Waals surface area contributed by atoms with E-state index < -0.39 is 18.3 Å². The van der Waals surface area contributed by atoms with Gasteiger partial charge in [0.15, 0.2) is 11.4 Å². The van der Waals surface area contributed by atoms with Crippen LogP contribution in [-0.2, 0) is 32.7 Å². The number of aromatic nitrogens is 2. The van der Waals surface area contributed by atoms with Gasteiger partial charge in [-0.05, 0) is 30.2 Å². The maximum Gasteiger partial charge on any atom is 0.325 e. The standard InChI is InChI=1S/C27H32N4O6S/c1-3-35-24(33)15-29-26(34)30-21-6-4-5-20(13-21)25-36-22(17-38-27-28-11-12-31(27)2)14-23(37-25)19-9-7-18(16-32)8-10-19/h4-13,22-23,25,32H,3,14-17H2,1-2H3,(H2,29,30,34). The number of imidazole rings is 1. The summed E-state index contributed by atoms with van der Waals surface area (Å²) < 4.78 is 19.5. The molecule has 2 amide bonds. The molecule has 1 fully saturated rings. The van der Waals surface area contributed by atoms with Gasteiger partial charge >= 0.3 is 12.0 Å². The number of anilines is 1. The number of hydrogen-bond acceptors (Lipinski definition) is 8. The summed E-state index contributed by atoms with van der Waals surface area (Å²) in [5, 5.41) is 15.5. The second-order valence-electron chi connectivity index (χ2n) is 8.72. The number of aliphatic hydroxyl groups excluding tert-OH is 1. The summed E-state index contributed by atoms with van der Waals surface area (Å²) in [5.74, 6) is 0.178. The number of ether oxygens (including phenoxy) is 3. The second kappa shape index (κ2) is 13.4. The molecule has 202 valence electrons. The quantitative estimate of drug-likeness (QED) is 0.261. The molecule has 1 aliphatic heterocycles. The summed E-state index contributed by atoms with van der Waals surface area (Å²) in [5.41, 5.74) is 3.11. The van der Waals surface area contributed by atoms with E-state index in [-0.39, 0.29) is 32.0 Å².